The fourth-order valence-electron chi connectivity index (χ4n) is 2.51. The molecule has 2 saturated heterocycles. The van der Waals surface area contributed by atoms with Gasteiger partial charge in [-0.25, -0.2) is 0 Å². The van der Waals surface area contributed by atoms with Gasteiger partial charge in [-0.1, -0.05) is 0 Å². The van der Waals surface area contributed by atoms with Gasteiger partial charge in [0.25, 0.3) is 0 Å². The molecule has 16 heavy (non-hydrogen) atoms. The van der Waals surface area contributed by atoms with Crippen LogP contribution in [0.4, 0.5) is 0 Å². The predicted octanol–water partition coefficient (Wildman–Crippen LogP) is 0.0616. The smallest absolute Gasteiger partial charge is 0.310 e. The number of likely N-dealkylation sites (tertiary alicyclic amines) is 1. The topological polar surface area (TPSA) is 69.6 Å². The third-order valence-electron chi connectivity index (χ3n) is 3.63. The van der Waals surface area contributed by atoms with Gasteiger partial charge in [0.1, 0.15) is 0 Å². The highest BCUT2D eigenvalue weighted by Crippen LogP contribution is 2.30. The zero-order chi connectivity index (χ0) is 11.8. The Kier molecular flexibility index (Phi) is 2.88. The van der Waals surface area contributed by atoms with Crippen LogP contribution >= 0.6 is 0 Å². The van der Waals surface area contributed by atoms with Crippen LogP contribution in [0.15, 0.2) is 0 Å². The first kappa shape index (κ1) is 11.4. The maximum absolute atomic E-state index is 11.1. The van der Waals surface area contributed by atoms with Crippen LogP contribution in [0, 0.1) is 5.41 Å². The molecule has 2 heterocycles. The molecule has 0 aromatic rings. The molecule has 2 fully saturated rings. The first-order valence-corrected chi connectivity index (χ1v) is 5.75. The summed E-state index contributed by atoms with van der Waals surface area (Å²) in [6.07, 6.45) is 2.18. The second-order valence-electron chi connectivity index (χ2n) is 5.15. The zero-order valence-corrected chi connectivity index (χ0v) is 9.53. The van der Waals surface area contributed by atoms with Crippen LogP contribution < -0.4 is 5.32 Å². The van der Waals surface area contributed by atoms with Crippen molar-refractivity contribution in [3.05, 3.63) is 0 Å². The highest BCUT2D eigenvalue weighted by atomic mass is 16.4. The van der Waals surface area contributed by atoms with Gasteiger partial charge in [-0.15, -0.1) is 0 Å². The number of carboxylic acids is 1. The quantitative estimate of drug-likeness (QED) is 0.714. The largest absolute Gasteiger partial charge is 0.481 e. The Balaban J connectivity index is 1.85. The van der Waals surface area contributed by atoms with Crippen LogP contribution in [0.2, 0.25) is 0 Å². The normalized spacial score (nSPS) is 35.3. The van der Waals surface area contributed by atoms with Gasteiger partial charge in [0.2, 0.25) is 5.91 Å². The standard InChI is InChI=1S/C11H18N2O3/c1-11(10(15)16)4-5-13(7-11)6-8-2-3-9(14)12-8/h8H,2-7H2,1H3,(H,12,14)(H,15,16). The SMILES string of the molecule is CC1(C(=O)O)CCN(CC2CCC(=O)N2)C1. The molecule has 2 rings (SSSR count). The van der Waals surface area contributed by atoms with E-state index in [0.717, 1.165) is 19.5 Å². The number of hydrogen-bond acceptors (Lipinski definition) is 3. The molecule has 0 bridgehead atoms. The summed E-state index contributed by atoms with van der Waals surface area (Å²) < 4.78 is 0. The Morgan fingerprint density at radius 2 is 2.44 bits per heavy atom. The highest BCUT2D eigenvalue weighted by Gasteiger charge is 2.41. The van der Waals surface area contributed by atoms with E-state index >= 15 is 0 Å². The molecular weight excluding hydrogens is 208 g/mol. The average Bonchev–Trinajstić information content (AvgIpc) is 2.75. The highest BCUT2D eigenvalue weighted by molar-refractivity contribution is 5.78. The molecule has 1 amide bonds. The van der Waals surface area contributed by atoms with Crippen molar-refractivity contribution in [2.24, 2.45) is 5.41 Å². The van der Waals surface area contributed by atoms with E-state index in [1.165, 1.54) is 0 Å². The van der Waals surface area contributed by atoms with Gasteiger partial charge in [-0.2, -0.15) is 0 Å². The first-order chi connectivity index (χ1) is 7.49. The van der Waals surface area contributed by atoms with Crippen molar-refractivity contribution >= 4 is 11.9 Å². The van der Waals surface area contributed by atoms with Crippen molar-refractivity contribution in [1.82, 2.24) is 10.2 Å². The summed E-state index contributed by atoms with van der Waals surface area (Å²) in [5.74, 6) is -0.601. The molecule has 0 spiro atoms. The van der Waals surface area contributed by atoms with Crippen LogP contribution in [-0.2, 0) is 9.59 Å². The van der Waals surface area contributed by atoms with E-state index in [9.17, 15) is 9.59 Å². The third-order valence-corrected chi connectivity index (χ3v) is 3.63. The number of nitrogens with zero attached hydrogens (tertiary/aromatic N) is 1. The number of nitrogens with one attached hydrogen (secondary N) is 1. The van der Waals surface area contributed by atoms with E-state index in [1.807, 2.05) is 0 Å². The van der Waals surface area contributed by atoms with E-state index in [0.29, 0.717) is 19.4 Å². The van der Waals surface area contributed by atoms with Crippen LogP contribution in [0.1, 0.15) is 26.2 Å². The zero-order valence-electron chi connectivity index (χ0n) is 9.53. The summed E-state index contributed by atoms with van der Waals surface area (Å²) in [4.78, 5) is 24.2. The lowest BCUT2D eigenvalue weighted by Gasteiger charge is -2.22. The maximum Gasteiger partial charge on any atom is 0.310 e. The Labute approximate surface area is 94.8 Å². The molecule has 2 unspecified atom stereocenters. The van der Waals surface area contributed by atoms with Gasteiger partial charge in [-0.3, -0.25) is 9.59 Å². The molecule has 2 aliphatic rings. The molecule has 5 nitrogen and oxygen atoms in total. The summed E-state index contributed by atoms with van der Waals surface area (Å²) in [6, 6.07) is 0.212. The minimum absolute atomic E-state index is 0.116. The van der Waals surface area contributed by atoms with E-state index in [4.69, 9.17) is 5.11 Å². The average molecular weight is 226 g/mol. The van der Waals surface area contributed by atoms with Crippen molar-refractivity contribution in [3.63, 3.8) is 0 Å². The van der Waals surface area contributed by atoms with Gasteiger partial charge < -0.3 is 15.3 Å². The van der Waals surface area contributed by atoms with E-state index < -0.39 is 11.4 Å². The Bertz CT molecular complexity index is 318. The second kappa shape index (κ2) is 4.05. The fraction of sp³-hybridized carbons (Fsp3) is 0.818. The molecule has 0 saturated carbocycles. The number of hydrogen-bond donors (Lipinski definition) is 2. The molecule has 2 aliphatic heterocycles. The molecule has 0 aromatic carbocycles. The van der Waals surface area contributed by atoms with Crippen molar-refractivity contribution in [2.75, 3.05) is 19.6 Å². The van der Waals surface area contributed by atoms with Gasteiger partial charge in [-0.05, 0) is 26.3 Å². The number of aliphatic carboxylic acids is 1. The fourth-order valence-corrected chi connectivity index (χ4v) is 2.51. The molecule has 0 aromatic heterocycles. The number of rotatable bonds is 3. The lowest BCUT2D eigenvalue weighted by Crippen LogP contribution is -2.39. The van der Waals surface area contributed by atoms with E-state index in [2.05, 4.69) is 10.2 Å². The first-order valence-electron chi connectivity index (χ1n) is 5.75. The molecular formula is C11H18N2O3. The number of carboxylic acid groups (broad SMARTS) is 1. The van der Waals surface area contributed by atoms with Crippen molar-refractivity contribution in [2.45, 2.75) is 32.2 Å². The van der Waals surface area contributed by atoms with Crippen molar-refractivity contribution in [1.29, 1.82) is 0 Å². The monoisotopic (exact) mass is 226 g/mol. The van der Waals surface area contributed by atoms with E-state index in [1.54, 1.807) is 6.92 Å². The summed E-state index contributed by atoms with van der Waals surface area (Å²) in [5, 5.41) is 12.0. The van der Waals surface area contributed by atoms with Crippen LogP contribution in [0.25, 0.3) is 0 Å². The second-order valence-corrected chi connectivity index (χ2v) is 5.15. The summed E-state index contributed by atoms with van der Waals surface area (Å²) >= 11 is 0. The number of carbonyl (C=O) groups is 2. The summed E-state index contributed by atoms with van der Waals surface area (Å²) in [7, 11) is 0. The van der Waals surface area contributed by atoms with Gasteiger partial charge in [0, 0.05) is 25.6 Å². The number of amides is 1. The Morgan fingerprint density at radius 3 is 2.94 bits per heavy atom. The van der Waals surface area contributed by atoms with Crippen LogP contribution in [0.3, 0.4) is 0 Å². The lowest BCUT2D eigenvalue weighted by molar-refractivity contribution is -0.147. The van der Waals surface area contributed by atoms with Crippen LogP contribution in [0.5, 0.6) is 0 Å². The molecule has 0 aliphatic carbocycles. The molecule has 5 heteroatoms. The van der Waals surface area contributed by atoms with Gasteiger partial charge in [0.15, 0.2) is 0 Å². The predicted molar refractivity (Wildman–Crippen MR) is 58.0 cm³/mol. The van der Waals surface area contributed by atoms with Crippen molar-refractivity contribution in [3.8, 4) is 0 Å². The van der Waals surface area contributed by atoms with Gasteiger partial charge in [0.05, 0.1) is 5.41 Å². The Morgan fingerprint density at radius 1 is 1.69 bits per heavy atom. The summed E-state index contributed by atoms with van der Waals surface area (Å²) in [5.41, 5.74) is -0.609. The van der Waals surface area contributed by atoms with Crippen LogP contribution in [-0.4, -0.2) is 47.6 Å². The van der Waals surface area contributed by atoms with E-state index in [-0.39, 0.29) is 11.9 Å². The van der Waals surface area contributed by atoms with Gasteiger partial charge >= 0.3 is 5.97 Å². The molecule has 0 radical (unpaired) electrons. The molecule has 2 atom stereocenters. The summed E-state index contributed by atoms with van der Waals surface area (Å²) in [6.45, 7) is 3.99. The molecule has 90 valence electrons. The number of carbonyl (C=O) groups excluding carboxylic acids is 1. The third kappa shape index (κ3) is 2.19. The Hall–Kier alpha value is -1.10. The minimum Gasteiger partial charge on any atom is -0.481 e. The maximum atomic E-state index is 11.1. The molecule has 2 N–H and O–H groups in total. The lowest BCUT2D eigenvalue weighted by atomic mass is 9.90. The van der Waals surface area contributed by atoms with Crippen molar-refractivity contribution < 1.29 is 14.7 Å². The minimum atomic E-state index is -0.717.